The second-order valence-corrected chi connectivity index (χ2v) is 44.0. The second kappa shape index (κ2) is 65.0. The van der Waals surface area contributed by atoms with Crippen molar-refractivity contribution in [1.82, 2.24) is 0 Å². The van der Waals surface area contributed by atoms with Crippen LogP contribution in [0.4, 0.5) is 0 Å². The Balaban J connectivity index is 1.44. The van der Waals surface area contributed by atoms with Crippen molar-refractivity contribution < 1.29 is 40.7 Å². The van der Waals surface area contributed by atoms with E-state index in [-0.39, 0.29) is 28.1 Å². The van der Waals surface area contributed by atoms with Gasteiger partial charge < -0.3 is 36.2 Å². The monoisotopic (exact) mass is 1810 g/mol. The average molecular weight is 1810 g/mol. The lowest BCUT2D eigenvalue weighted by Gasteiger charge is -2.33. The van der Waals surface area contributed by atoms with E-state index in [9.17, 15) is 0 Å². The van der Waals surface area contributed by atoms with Crippen LogP contribution in [0.3, 0.4) is 0 Å². The molecule has 0 aromatic heterocycles. The van der Waals surface area contributed by atoms with Gasteiger partial charge in [0.05, 0.1) is 19.8 Å². The number of benzene rings is 6. The van der Waals surface area contributed by atoms with Gasteiger partial charge in [0.15, 0.2) is 0 Å². The van der Waals surface area contributed by atoms with Crippen LogP contribution in [0.1, 0.15) is 504 Å². The molecule has 0 saturated carbocycles. The minimum atomic E-state index is -1.97. The average Bonchev–Trinajstić information content (AvgIpc) is 0.758. The molecule has 0 N–H and O–H groups in total. The summed E-state index contributed by atoms with van der Waals surface area (Å²) in [6.07, 6.45) is 65.0. The van der Waals surface area contributed by atoms with Crippen LogP contribution >= 0.6 is 25.8 Å². The Labute approximate surface area is 785 Å². The fraction of sp³-hybridized carbons (Fsp3) is 0.687. The predicted molar refractivity (Wildman–Crippen MR) is 553 cm³/mol. The first-order chi connectivity index (χ1) is 61.4. The summed E-state index contributed by atoms with van der Waals surface area (Å²) < 4.78 is 63.3. The van der Waals surface area contributed by atoms with E-state index in [1.165, 1.54) is 309 Å². The van der Waals surface area contributed by atoms with E-state index < -0.39 is 25.8 Å². The van der Waals surface area contributed by atoms with Gasteiger partial charge in [0, 0.05) is 22.6 Å². The van der Waals surface area contributed by atoms with E-state index in [0.717, 1.165) is 127 Å². The zero-order valence-electron chi connectivity index (χ0n) is 85.0. The lowest BCUT2D eigenvalue weighted by Crippen LogP contribution is -2.19. The first kappa shape index (κ1) is 111. The molecule has 716 valence electrons. The maximum absolute atomic E-state index is 7.34. The van der Waals surface area contributed by atoms with Gasteiger partial charge in [-0.25, -0.2) is 0 Å². The van der Waals surface area contributed by atoms with E-state index in [2.05, 4.69) is 241 Å². The summed E-state index contributed by atoms with van der Waals surface area (Å²) in [5, 5.41) is 0. The van der Waals surface area contributed by atoms with E-state index in [4.69, 9.17) is 40.7 Å². The van der Waals surface area contributed by atoms with Crippen LogP contribution in [0, 0.1) is 20.8 Å². The lowest BCUT2D eigenvalue weighted by atomic mass is 9.74. The normalized spacial score (nSPS) is 12.8. The van der Waals surface area contributed by atoms with Crippen LogP contribution in [0.25, 0.3) is 0 Å². The molecule has 6 aromatic rings. The Morgan fingerprint density at radius 3 is 0.740 bits per heavy atom. The number of aryl methyl sites for hydroxylation is 6. The van der Waals surface area contributed by atoms with Crippen LogP contribution in [-0.2, 0) is 49.1 Å². The Morgan fingerprint density at radius 2 is 0.465 bits per heavy atom. The van der Waals surface area contributed by atoms with Crippen LogP contribution in [0.15, 0.2) is 109 Å². The van der Waals surface area contributed by atoms with Crippen LogP contribution in [-0.4, -0.2) is 19.8 Å². The second-order valence-electron chi connectivity index (χ2n) is 40.8. The summed E-state index contributed by atoms with van der Waals surface area (Å²) in [6, 6.07) is 40.5. The molecule has 9 nitrogen and oxygen atoms in total. The molecule has 6 aromatic carbocycles. The molecule has 0 aliphatic rings. The first-order valence-corrected chi connectivity index (χ1v) is 55.8. The van der Waals surface area contributed by atoms with Crippen LogP contribution in [0.5, 0.6) is 34.5 Å². The SMILES string of the molecule is CCCCCCCCCCCOP(OCCCCCCCCCCC)Oc1cc(C)c(C(CC(C)c2cc(C(C)(C)C)c(OP(Oc3ccc(CCCCCCCCC)cc3)Oc3ccc(CCCCCCCCC)cc3)cc2C)c2cc(C(C)(C)C)c(OP(OCCCCCCCCCCC)Oc3ccc(CCCCCCCCC)cc3)cc2C)cc1C(C)(C)C. The van der Waals surface area contributed by atoms with Gasteiger partial charge in [0.2, 0.25) is 0 Å². The van der Waals surface area contributed by atoms with Crippen LogP contribution < -0.4 is 27.1 Å². The molecule has 3 atom stereocenters. The highest BCUT2D eigenvalue weighted by Crippen LogP contribution is 2.53. The number of hydrogen-bond acceptors (Lipinski definition) is 9. The molecule has 0 amide bonds. The predicted octanol–water partition coefficient (Wildman–Crippen LogP) is 39.4. The Hall–Kier alpha value is -4.71. The van der Waals surface area contributed by atoms with Gasteiger partial charge in [0.25, 0.3) is 0 Å². The minimum absolute atomic E-state index is 0.0697. The Bertz CT molecular complexity index is 3690. The van der Waals surface area contributed by atoms with Gasteiger partial charge >= 0.3 is 25.8 Å². The summed E-state index contributed by atoms with van der Waals surface area (Å²) in [7, 11) is -5.50. The highest BCUT2D eigenvalue weighted by molar-refractivity contribution is 7.43. The number of unbranched alkanes of at least 4 members (excludes halogenated alkanes) is 42. The van der Waals surface area contributed by atoms with Gasteiger partial charge in [-0.05, 0) is 212 Å². The molecule has 0 bridgehead atoms. The van der Waals surface area contributed by atoms with Crippen molar-refractivity contribution in [1.29, 1.82) is 0 Å². The largest absolute Gasteiger partial charge is 0.530 e. The van der Waals surface area contributed by atoms with Crippen molar-refractivity contribution in [3.8, 4) is 34.5 Å². The van der Waals surface area contributed by atoms with E-state index in [1.54, 1.807) is 0 Å². The third-order valence-corrected chi connectivity index (χ3v) is 29.1. The van der Waals surface area contributed by atoms with E-state index in [1.807, 2.05) is 0 Å². The van der Waals surface area contributed by atoms with Crippen molar-refractivity contribution in [2.75, 3.05) is 19.8 Å². The van der Waals surface area contributed by atoms with Crippen molar-refractivity contribution in [3.05, 3.63) is 176 Å². The van der Waals surface area contributed by atoms with Crippen molar-refractivity contribution in [2.45, 2.75) is 494 Å². The molecule has 0 aliphatic carbocycles. The lowest BCUT2D eigenvalue weighted by molar-refractivity contribution is 0.197. The van der Waals surface area contributed by atoms with E-state index >= 15 is 0 Å². The summed E-state index contributed by atoms with van der Waals surface area (Å²) in [5.74, 6) is 4.69. The summed E-state index contributed by atoms with van der Waals surface area (Å²) >= 11 is 0. The zero-order chi connectivity index (χ0) is 91.8. The Morgan fingerprint density at radius 1 is 0.244 bits per heavy atom. The van der Waals surface area contributed by atoms with Gasteiger partial charge in [-0.3, -0.25) is 4.52 Å². The molecule has 127 heavy (non-hydrogen) atoms. The number of rotatable bonds is 74. The summed E-state index contributed by atoms with van der Waals surface area (Å²) in [4.78, 5) is 0. The molecule has 0 aliphatic heterocycles. The highest BCUT2D eigenvalue weighted by atomic mass is 31.2. The fourth-order valence-electron chi connectivity index (χ4n) is 17.6. The maximum Gasteiger partial charge on any atom is 0.530 e. The zero-order valence-corrected chi connectivity index (χ0v) is 87.6. The van der Waals surface area contributed by atoms with Gasteiger partial charge in [-0.2, -0.15) is 0 Å². The molecule has 0 radical (unpaired) electrons. The number of hydrogen-bond donors (Lipinski definition) is 0. The van der Waals surface area contributed by atoms with Gasteiger partial charge in [-0.15, -0.1) is 0 Å². The fourth-order valence-corrected chi connectivity index (χ4v) is 20.7. The third-order valence-electron chi connectivity index (χ3n) is 25.8. The molecular weight excluding hydrogens is 1620 g/mol. The maximum atomic E-state index is 7.34. The molecule has 0 saturated heterocycles. The molecular formula is C115H187O9P3. The van der Waals surface area contributed by atoms with Crippen molar-refractivity contribution in [2.24, 2.45) is 0 Å². The highest BCUT2D eigenvalue weighted by Gasteiger charge is 2.35. The third kappa shape index (κ3) is 45.7. The van der Waals surface area contributed by atoms with Gasteiger partial charge in [0.1, 0.15) is 34.5 Å². The van der Waals surface area contributed by atoms with Gasteiger partial charge in [-0.1, -0.05) is 435 Å². The Kier molecular flexibility index (Phi) is 56.8. The molecule has 0 heterocycles. The molecule has 0 fully saturated rings. The van der Waals surface area contributed by atoms with Crippen molar-refractivity contribution >= 4 is 25.8 Å². The standard InChI is InChI=1S/C115H187O9P3/c1-20-26-32-38-44-47-53-59-65-83-116-125(117-84-66-60-54-48-45-39-33-27-21-2)122-110-88-95(9)104(91-108(110)114(14,15)16)106(105-92-109(115(17,18)19)111(89-96(105)10)123-126(118-85-67-61-55-49-46-40-34-28-22-3)119-100-77-71-97(72-78-100)68-62-56-50-41-35-29-23-4)86-93(7)103-90-107(113(11,12)13)112(87-94(103)8)124-127(120-101-79-73-98(74-80-101)69-63-57-51-42-36-30-24-5)121-102-81-75-99(76-82-102)70-64-58-52-43-37-31-25-6/h71-82,87-93,106H,20-70,83-86H2,1-19H3. The smallest absolute Gasteiger partial charge is 0.426 e. The summed E-state index contributed by atoms with van der Waals surface area (Å²) in [5.41, 5.74) is 13.8. The first-order valence-electron chi connectivity index (χ1n) is 52.5. The topological polar surface area (TPSA) is 83.1 Å². The molecule has 12 heteroatoms. The molecule has 6 rings (SSSR count). The molecule has 3 unspecified atom stereocenters. The van der Waals surface area contributed by atoms with Crippen molar-refractivity contribution in [3.63, 3.8) is 0 Å². The van der Waals surface area contributed by atoms with E-state index in [0.29, 0.717) is 19.8 Å². The van der Waals surface area contributed by atoms with Crippen LogP contribution in [0.2, 0.25) is 0 Å². The molecule has 0 spiro atoms. The minimum Gasteiger partial charge on any atom is -0.426 e. The quantitative estimate of drug-likeness (QED) is 0.0274. The summed E-state index contributed by atoms with van der Waals surface area (Å²) in [6.45, 7) is 45.9.